The molecule has 1 aliphatic rings. The van der Waals surface area contributed by atoms with Crippen molar-refractivity contribution in [3.8, 4) is 0 Å². The van der Waals surface area contributed by atoms with Crippen molar-refractivity contribution in [2.45, 2.75) is 11.8 Å². The summed E-state index contributed by atoms with van der Waals surface area (Å²) in [5, 5.41) is 0.523. The summed E-state index contributed by atoms with van der Waals surface area (Å²) in [6.07, 6.45) is 4.20. The van der Waals surface area contributed by atoms with E-state index in [1.54, 1.807) is 35.2 Å². The summed E-state index contributed by atoms with van der Waals surface area (Å²) in [4.78, 5) is 17.4. The molecule has 0 bridgehead atoms. The number of benzene rings is 3. The molecular formula is C28H29Cl2N3O3S. The maximum Gasteiger partial charge on any atom is 0.264 e. The largest absolute Gasteiger partial charge is 0.339 e. The van der Waals surface area contributed by atoms with Crippen LogP contribution in [0.2, 0.25) is 10.0 Å². The maximum absolute atomic E-state index is 13.6. The molecule has 4 rings (SSSR count). The van der Waals surface area contributed by atoms with E-state index in [4.69, 9.17) is 23.2 Å². The highest BCUT2D eigenvalue weighted by molar-refractivity contribution is 7.92. The zero-order valence-corrected chi connectivity index (χ0v) is 22.9. The monoisotopic (exact) mass is 557 g/mol. The summed E-state index contributed by atoms with van der Waals surface area (Å²) >= 11 is 12.3. The summed E-state index contributed by atoms with van der Waals surface area (Å²) in [5.41, 5.74) is 2.37. The van der Waals surface area contributed by atoms with Crippen molar-refractivity contribution >= 4 is 50.9 Å². The molecule has 194 valence electrons. The van der Waals surface area contributed by atoms with Gasteiger partial charge in [-0.15, -0.1) is 0 Å². The molecule has 3 aromatic rings. The van der Waals surface area contributed by atoms with Crippen LogP contribution in [0.5, 0.6) is 0 Å². The lowest BCUT2D eigenvalue weighted by Crippen LogP contribution is -2.51. The Hall–Kier alpha value is -2.84. The molecular weight excluding hydrogens is 529 g/mol. The van der Waals surface area contributed by atoms with Gasteiger partial charge in [-0.25, -0.2) is 8.42 Å². The van der Waals surface area contributed by atoms with Gasteiger partial charge in [0.05, 0.1) is 20.6 Å². The highest BCUT2D eigenvalue weighted by Crippen LogP contribution is 2.30. The molecule has 1 aliphatic heterocycles. The van der Waals surface area contributed by atoms with Crippen molar-refractivity contribution in [2.24, 2.45) is 0 Å². The first kappa shape index (κ1) is 27.2. The van der Waals surface area contributed by atoms with Crippen molar-refractivity contribution < 1.29 is 13.2 Å². The van der Waals surface area contributed by atoms with E-state index < -0.39 is 10.0 Å². The van der Waals surface area contributed by atoms with E-state index in [1.807, 2.05) is 25.1 Å². The van der Waals surface area contributed by atoms with Crippen LogP contribution in [0.25, 0.3) is 6.08 Å². The first-order valence-corrected chi connectivity index (χ1v) is 14.2. The van der Waals surface area contributed by atoms with Crippen LogP contribution in [-0.2, 0) is 14.8 Å². The SMILES string of the molecule is Cc1ccc(S(=O)(=O)N(CC(=O)N2CCN(C/C=C/c3ccccc3)CC2)c2ccc(Cl)c(Cl)c2)cc1. The maximum atomic E-state index is 13.6. The zero-order chi connectivity index (χ0) is 26.4. The molecule has 0 unspecified atom stereocenters. The third-order valence-electron chi connectivity index (χ3n) is 6.28. The summed E-state index contributed by atoms with van der Waals surface area (Å²) in [5.74, 6) is -0.263. The number of nitrogens with zero attached hydrogens (tertiary/aromatic N) is 3. The molecule has 37 heavy (non-hydrogen) atoms. The van der Waals surface area contributed by atoms with E-state index in [0.717, 1.165) is 22.0 Å². The Morgan fingerprint density at radius 2 is 1.59 bits per heavy atom. The lowest BCUT2D eigenvalue weighted by Gasteiger charge is -2.35. The molecule has 1 saturated heterocycles. The summed E-state index contributed by atoms with van der Waals surface area (Å²) < 4.78 is 28.3. The molecule has 0 spiro atoms. The van der Waals surface area contributed by atoms with Crippen LogP contribution in [0.4, 0.5) is 5.69 Å². The molecule has 6 nitrogen and oxygen atoms in total. The number of aryl methyl sites for hydroxylation is 1. The Kier molecular flexibility index (Phi) is 8.92. The fraction of sp³-hybridized carbons (Fsp3) is 0.250. The molecule has 0 atom stereocenters. The number of carbonyl (C=O) groups is 1. The van der Waals surface area contributed by atoms with Crippen LogP contribution < -0.4 is 4.31 Å². The molecule has 9 heteroatoms. The van der Waals surface area contributed by atoms with Crippen LogP contribution in [0.1, 0.15) is 11.1 Å². The predicted molar refractivity (Wildman–Crippen MR) is 151 cm³/mol. The van der Waals surface area contributed by atoms with Crippen molar-refractivity contribution in [3.63, 3.8) is 0 Å². The van der Waals surface area contributed by atoms with Crippen LogP contribution >= 0.6 is 23.2 Å². The van der Waals surface area contributed by atoms with Crippen molar-refractivity contribution in [1.29, 1.82) is 0 Å². The Balaban J connectivity index is 1.45. The lowest BCUT2D eigenvalue weighted by molar-refractivity contribution is -0.131. The molecule has 0 radical (unpaired) electrons. The van der Waals surface area contributed by atoms with E-state index in [1.165, 1.54) is 12.1 Å². The fourth-order valence-corrected chi connectivity index (χ4v) is 5.80. The third-order valence-corrected chi connectivity index (χ3v) is 8.80. The molecule has 0 saturated carbocycles. The average molecular weight is 559 g/mol. The van der Waals surface area contributed by atoms with Gasteiger partial charge >= 0.3 is 0 Å². The standard InChI is InChI=1S/C28H29Cl2N3O3S/c1-22-9-12-25(13-10-22)37(35,36)33(24-11-14-26(29)27(30)20-24)21-28(34)32-18-16-31(17-19-32)15-5-8-23-6-3-2-4-7-23/h2-14,20H,15-19,21H2,1H3/b8-5+. The summed E-state index contributed by atoms with van der Waals surface area (Å²) in [6.45, 7) is 4.81. The van der Waals surface area contributed by atoms with E-state index in [0.29, 0.717) is 31.2 Å². The van der Waals surface area contributed by atoms with Gasteiger partial charge < -0.3 is 4.90 Å². The van der Waals surface area contributed by atoms with Gasteiger partial charge in [0.1, 0.15) is 6.54 Å². The summed E-state index contributed by atoms with van der Waals surface area (Å²) in [6, 6.07) is 21.2. The van der Waals surface area contributed by atoms with Crippen LogP contribution in [0.3, 0.4) is 0 Å². The van der Waals surface area contributed by atoms with Crippen LogP contribution in [0, 0.1) is 6.92 Å². The number of rotatable bonds is 8. The molecule has 1 amide bonds. The second-order valence-corrected chi connectivity index (χ2v) is 11.6. The number of carbonyl (C=O) groups excluding carboxylic acids is 1. The van der Waals surface area contributed by atoms with Gasteiger partial charge in [-0.1, -0.05) is 83.4 Å². The normalized spacial score (nSPS) is 14.7. The summed E-state index contributed by atoms with van der Waals surface area (Å²) in [7, 11) is -4.02. The molecule has 0 N–H and O–H groups in total. The topological polar surface area (TPSA) is 60.9 Å². The van der Waals surface area contributed by atoms with E-state index in [9.17, 15) is 13.2 Å². The zero-order valence-electron chi connectivity index (χ0n) is 20.6. The molecule has 1 heterocycles. The second kappa shape index (κ2) is 12.1. The van der Waals surface area contributed by atoms with Gasteiger partial charge in [0.25, 0.3) is 10.0 Å². The Bertz CT molecular complexity index is 1360. The minimum absolute atomic E-state index is 0.104. The van der Waals surface area contributed by atoms with Gasteiger partial charge in [0, 0.05) is 32.7 Å². The minimum Gasteiger partial charge on any atom is -0.339 e. The first-order valence-electron chi connectivity index (χ1n) is 12.0. The van der Waals surface area contributed by atoms with Gasteiger partial charge in [-0.05, 0) is 42.8 Å². The molecule has 0 aliphatic carbocycles. The third kappa shape index (κ3) is 6.93. The minimum atomic E-state index is -4.02. The van der Waals surface area contributed by atoms with Crippen LogP contribution in [-0.4, -0.2) is 63.4 Å². The van der Waals surface area contributed by atoms with Gasteiger partial charge in [0.2, 0.25) is 5.91 Å². The van der Waals surface area contributed by atoms with Crippen molar-refractivity contribution in [3.05, 3.63) is 100 Å². The van der Waals surface area contributed by atoms with Gasteiger partial charge in [-0.3, -0.25) is 14.0 Å². The quantitative estimate of drug-likeness (QED) is 0.374. The van der Waals surface area contributed by atoms with Gasteiger partial charge in [-0.2, -0.15) is 0 Å². The van der Waals surface area contributed by atoms with E-state index >= 15 is 0 Å². The van der Waals surface area contributed by atoms with Crippen LogP contribution in [0.15, 0.2) is 83.8 Å². The highest BCUT2D eigenvalue weighted by atomic mass is 35.5. The highest BCUT2D eigenvalue weighted by Gasteiger charge is 2.30. The number of sulfonamides is 1. The number of hydrogen-bond donors (Lipinski definition) is 0. The van der Waals surface area contributed by atoms with Gasteiger partial charge in [0.15, 0.2) is 0 Å². The van der Waals surface area contributed by atoms with E-state index in [2.05, 4.69) is 29.2 Å². The second-order valence-electron chi connectivity index (χ2n) is 8.92. The van der Waals surface area contributed by atoms with Crippen molar-refractivity contribution in [2.75, 3.05) is 43.6 Å². The number of piperazine rings is 1. The Labute approximate surface area is 228 Å². The molecule has 1 fully saturated rings. The predicted octanol–water partition coefficient (Wildman–Crippen LogP) is 5.35. The lowest BCUT2D eigenvalue weighted by atomic mass is 10.2. The number of amides is 1. The van der Waals surface area contributed by atoms with E-state index in [-0.39, 0.29) is 28.1 Å². The first-order chi connectivity index (χ1) is 17.7. The fourth-order valence-electron chi connectivity index (χ4n) is 4.10. The smallest absolute Gasteiger partial charge is 0.264 e. The Morgan fingerprint density at radius 1 is 0.919 bits per heavy atom. The Morgan fingerprint density at radius 3 is 2.24 bits per heavy atom. The number of hydrogen-bond acceptors (Lipinski definition) is 4. The van der Waals surface area contributed by atoms with Crippen molar-refractivity contribution in [1.82, 2.24) is 9.80 Å². The number of halogens is 2. The molecule has 3 aromatic carbocycles. The average Bonchev–Trinajstić information content (AvgIpc) is 2.90. The number of anilines is 1. The molecule has 0 aromatic heterocycles.